The summed E-state index contributed by atoms with van der Waals surface area (Å²) in [5, 5.41) is 5.16. The van der Waals surface area contributed by atoms with Gasteiger partial charge in [-0.15, -0.1) is 11.3 Å². The van der Waals surface area contributed by atoms with Gasteiger partial charge in [-0.3, -0.25) is 4.79 Å². The zero-order valence-corrected chi connectivity index (χ0v) is 15.7. The fraction of sp³-hybridized carbons (Fsp3) is 0.278. The highest BCUT2D eigenvalue weighted by Gasteiger charge is 2.20. The lowest BCUT2D eigenvalue weighted by Gasteiger charge is -2.10. The van der Waals surface area contributed by atoms with Crippen LogP contribution in [0, 0.1) is 6.92 Å². The summed E-state index contributed by atoms with van der Waals surface area (Å²) < 4.78 is 2.44. The molecule has 0 radical (unpaired) electrons. The van der Waals surface area contributed by atoms with Crippen molar-refractivity contribution in [3.05, 3.63) is 60.9 Å². The predicted molar refractivity (Wildman–Crippen MR) is 102 cm³/mol. The Morgan fingerprint density at radius 1 is 1.25 bits per heavy atom. The first-order chi connectivity index (χ1) is 11.6. The molecule has 24 heavy (non-hydrogen) atoms. The lowest BCUT2D eigenvalue weighted by molar-refractivity contribution is 0.698. The van der Waals surface area contributed by atoms with Gasteiger partial charge in [0, 0.05) is 9.35 Å². The van der Waals surface area contributed by atoms with Gasteiger partial charge < -0.3 is 0 Å². The van der Waals surface area contributed by atoms with Crippen molar-refractivity contribution in [2.75, 3.05) is 0 Å². The number of rotatable bonds is 2. The molecule has 1 aromatic carbocycles. The molecule has 1 aliphatic carbocycles. The van der Waals surface area contributed by atoms with Crippen LogP contribution in [0.1, 0.15) is 34.7 Å². The average Bonchev–Trinajstić information content (AvgIpc) is 2.94. The van der Waals surface area contributed by atoms with Crippen molar-refractivity contribution in [3.8, 4) is 0 Å². The SMILES string of the molecule is Cc1nc2sc3c(c2c(=O)n1/N=C\c1ccc(Br)cc1)CCCC3. The van der Waals surface area contributed by atoms with Crippen LogP contribution < -0.4 is 5.56 Å². The molecule has 122 valence electrons. The molecule has 0 bridgehead atoms. The van der Waals surface area contributed by atoms with Gasteiger partial charge >= 0.3 is 0 Å². The molecule has 2 heterocycles. The summed E-state index contributed by atoms with van der Waals surface area (Å²) in [5.41, 5.74) is 2.09. The van der Waals surface area contributed by atoms with E-state index in [1.165, 1.54) is 21.5 Å². The Balaban J connectivity index is 1.83. The first-order valence-corrected chi connectivity index (χ1v) is 9.58. The number of halogens is 1. The van der Waals surface area contributed by atoms with E-state index in [1.54, 1.807) is 17.6 Å². The highest BCUT2D eigenvalue weighted by molar-refractivity contribution is 9.10. The fourth-order valence-electron chi connectivity index (χ4n) is 3.11. The first kappa shape index (κ1) is 15.7. The van der Waals surface area contributed by atoms with Gasteiger partial charge in [0.15, 0.2) is 0 Å². The molecule has 0 spiro atoms. The zero-order chi connectivity index (χ0) is 16.7. The Hall–Kier alpha value is -1.79. The summed E-state index contributed by atoms with van der Waals surface area (Å²) in [5.74, 6) is 0.624. The summed E-state index contributed by atoms with van der Waals surface area (Å²) in [6, 6.07) is 7.81. The normalized spacial score (nSPS) is 14.4. The van der Waals surface area contributed by atoms with Crippen molar-refractivity contribution in [1.82, 2.24) is 9.66 Å². The maximum atomic E-state index is 13.0. The van der Waals surface area contributed by atoms with E-state index in [0.717, 1.165) is 39.5 Å². The highest BCUT2D eigenvalue weighted by atomic mass is 79.9. The van der Waals surface area contributed by atoms with Crippen molar-refractivity contribution >= 4 is 43.7 Å². The molecule has 3 aromatic rings. The number of aromatic nitrogens is 2. The van der Waals surface area contributed by atoms with Crippen LogP contribution in [-0.4, -0.2) is 15.9 Å². The molecule has 0 saturated heterocycles. The third-order valence-corrected chi connectivity index (χ3v) is 6.04. The zero-order valence-electron chi connectivity index (χ0n) is 13.3. The predicted octanol–water partition coefficient (Wildman–Crippen LogP) is 4.29. The molecular formula is C18H16BrN3OS. The molecule has 4 nitrogen and oxygen atoms in total. The van der Waals surface area contributed by atoms with Gasteiger partial charge in [-0.25, -0.2) is 4.98 Å². The summed E-state index contributed by atoms with van der Waals surface area (Å²) in [7, 11) is 0. The topological polar surface area (TPSA) is 47.2 Å². The second-order valence-corrected chi connectivity index (χ2v) is 7.96. The summed E-state index contributed by atoms with van der Waals surface area (Å²) >= 11 is 5.09. The Morgan fingerprint density at radius 3 is 2.79 bits per heavy atom. The van der Waals surface area contributed by atoms with Gasteiger partial charge in [-0.05, 0) is 55.9 Å². The molecule has 4 rings (SSSR count). The maximum absolute atomic E-state index is 13.0. The summed E-state index contributed by atoms with van der Waals surface area (Å²) in [6.45, 7) is 1.83. The van der Waals surface area contributed by atoms with Crippen molar-refractivity contribution in [1.29, 1.82) is 0 Å². The molecule has 0 unspecified atom stereocenters. The number of fused-ring (bicyclic) bond motifs is 3. The van der Waals surface area contributed by atoms with E-state index in [4.69, 9.17) is 0 Å². The Kier molecular flexibility index (Phi) is 4.10. The number of hydrogen-bond donors (Lipinski definition) is 0. The molecule has 0 atom stereocenters. The van der Waals surface area contributed by atoms with Gasteiger partial charge in [-0.1, -0.05) is 28.1 Å². The Bertz CT molecular complexity index is 1000. The molecule has 1 aliphatic rings. The Morgan fingerprint density at radius 2 is 2.00 bits per heavy atom. The summed E-state index contributed by atoms with van der Waals surface area (Å²) in [4.78, 5) is 19.8. The van der Waals surface area contributed by atoms with Crippen LogP contribution in [-0.2, 0) is 12.8 Å². The average molecular weight is 402 g/mol. The molecule has 0 amide bonds. The monoisotopic (exact) mass is 401 g/mol. The largest absolute Gasteiger partial charge is 0.283 e. The minimum atomic E-state index is -0.0507. The third kappa shape index (κ3) is 2.74. The van der Waals surface area contributed by atoms with Crippen LogP contribution in [0.5, 0.6) is 0 Å². The van der Waals surface area contributed by atoms with Crippen molar-refractivity contribution < 1.29 is 0 Å². The number of thiophene rings is 1. The van der Waals surface area contributed by atoms with Crippen LogP contribution in [0.3, 0.4) is 0 Å². The molecule has 0 fully saturated rings. The standard InChI is InChI=1S/C18H16BrN3OS/c1-11-21-17-16(14-4-2-3-5-15(14)24-17)18(23)22(11)20-10-12-6-8-13(19)9-7-12/h6-10H,2-5H2,1H3/b20-10-. The molecule has 0 N–H and O–H groups in total. The molecule has 6 heteroatoms. The second-order valence-electron chi connectivity index (χ2n) is 5.96. The van der Waals surface area contributed by atoms with E-state index < -0.39 is 0 Å². The summed E-state index contributed by atoms with van der Waals surface area (Å²) in [6.07, 6.45) is 6.10. The van der Waals surface area contributed by atoms with Crippen LogP contribution in [0.25, 0.3) is 10.2 Å². The Labute approximate surface area is 152 Å². The molecular weight excluding hydrogens is 386 g/mol. The lowest BCUT2D eigenvalue weighted by atomic mass is 9.97. The second kappa shape index (κ2) is 6.26. The molecule has 0 saturated carbocycles. The minimum Gasteiger partial charge on any atom is -0.267 e. The number of nitrogens with zero attached hydrogens (tertiary/aromatic N) is 3. The van der Waals surface area contributed by atoms with E-state index >= 15 is 0 Å². The van der Waals surface area contributed by atoms with Gasteiger partial charge in [0.2, 0.25) is 0 Å². The van der Waals surface area contributed by atoms with E-state index in [-0.39, 0.29) is 5.56 Å². The van der Waals surface area contributed by atoms with Gasteiger partial charge in [0.1, 0.15) is 10.7 Å². The van der Waals surface area contributed by atoms with Crippen LogP contribution >= 0.6 is 27.3 Å². The highest BCUT2D eigenvalue weighted by Crippen LogP contribution is 2.33. The fourth-order valence-corrected chi connectivity index (χ4v) is 4.67. The quantitative estimate of drug-likeness (QED) is 0.601. The molecule has 0 aliphatic heterocycles. The van der Waals surface area contributed by atoms with Crippen molar-refractivity contribution in [2.45, 2.75) is 32.6 Å². The number of benzene rings is 1. The van der Waals surface area contributed by atoms with E-state index in [1.807, 2.05) is 31.2 Å². The van der Waals surface area contributed by atoms with Crippen molar-refractivity contribution in [3.63, 3.8) is 0 Å². The number of hydrogen-bond acceptors (Lipinski definition) is 4. The van der Waals surface area contributed by atoms with Gasteiger partial charge in [0.25, 0.3) is 5.56 Å². The van der Waals surface area contributed by atoms with E-state index in [9.17, 15) is 4.79 Å². The maximum Gasteiger partial charge on any atom is 0.283 e. The van der Waals surface area contributed by atoms with E-state index in [0.29, 0.717) is 5.82 Å². The van der Waals surface area contributed by atoms with Crippen molar-refractivity contribution in [2.24, 2.45) is 5.10 Å². The first-order valence-electron chi connectivity index (χ1n) is 7.97. The van der Waals surface area contributed by atoms with Crippen LogP contribution in [0.15, 0.2) is 38.6 Å². The third-order valence-electron chi connectivity index (χ3n) is 4.32. The number of aryl methyl sites for hydroxylation is 3. The minimum absolute atomic E-state index is 0.0507. The van der Waals surface area contributed by atoms with E-state index in [2.05, 4.69) is 26.0 Å². The van der Waals surface area contributed by atoms with Crippen LogP contribution in [0.2, 0.25) is 0 Å². The van der Waals surface area contributed by atoms with Gasteiger partial charge in [-0.2, -0.15) is 9.78 Å². The smallest absolute Gasteiger partial charge is 0.267 e. The molecule has 2 aromatic heterocycles. The van der Waals surface area contributed by atoms with Gasteiger partial charge in [0.05, 0.1) is 11.6 Å². The lowest BCUT2D eigenvalue weighted by Crippen LogP contribution is -2.21. The van der Waals surface area contributed by atoms with Crippen LogP contribution in [0.4, 0.5) is 0 Å².